The van der Waals surface area contributed by atoms with E-state index in [1.807, 2.05) is 7.05 Å². The third kappa shape index (κ3) is 5.61. The Hall–Kier alpha value is -1.93. The summed E-state index contributed by atoms with van der Waals surface area (Å²) in [7, 11) is 1.83. The Kier molecular flexibility index (Phi) is 6.33. The second-order valence-electron chi connectivity index (χ2n) is 5.26. The lowest BCUT2D eigenvalue weighted by Gasteiger charge is -2.06. The van der Waals surface area contributed by atoms with Crippen LogP contribution in [0.4, 0.5) is 18.3 Å². The van der Waals surface area contributed by atoms with Gasteiger partial charge < -0.3 is 10.6 Å². The average Bonchev–Trinajstić information content (AvgIpc) is 2.94. The Morgan fingerprint density at radius 1 is 1.25 bits per heavy atom. The molecule has 24 heavy (non-hydrogen) atoms. The molecule has 0 unspecified atom stereocenters. The molecule has 1 amide bonds. The van der Waals surface area contributed by atoms with E-state index in [1.54, 1.807) is 6.20 Å². The van der Waals surface area contributed by atoms with Gasteiger partial charge in [0.25, 0.3) is 0 Å². The molecule has 0 bridgehead atoms. The Morgan fingerprint density at radius 2 is 1.96 bits per heavy atom. The predicted octanol–water partition coefficient (Wildman–Crippen LogP) is 3.69. The number of aromatic nitrogens is 1. The third-order valence-corrected chi connectivity index (χ3v) is 4.20. The SMILES string of the molecule is CNCCCC(=O)Nc1ncc(Cc2ccc(C(F)(F)F)cc2)s1. The fraction of sp³-hybridized carbons (Fsp3) is 0.375. The van der Waals surface area contributed by atoms with E-state index in [4.69, 9.17) is 0 Å². The van der Waals surface area contributed by atoms with Gasteiger partial charge in [0.1, 0.15) is 0 Å². The first kappa shape index (κ1) is 18.4. The number of anilines is 1. The van der Waals surface area contributed by atoms with Gasteiger partial charge in [-0.2, -0.15) is 13.2 Å². The van der Waals surface area contributed by atoms with E-state index >= 15 is 0 Å². The fourth-order valence-corrected chi connectivity index (χ4v) is 2.93. The van der Waals surface area contributed by atoms with Crippen molar-refractivity contribution in [2.75, 3.05) is 18.9 Å². The van der Waals surface area contributed by atoms with Crippen molar-refractivity contribution in [3.05, 3.63) is 46.5 Å². The fourth-order valence-electron chi connectivity index (χ4n) is 2.07. The minimum Gasteiger partial charge on any atom is -0.320 e. The zero-order valence-corrected chi connectivity index (χ0v) is 13.9. The lowest BCUT2D eigenvalue weighted by molar-refractivity contribution is -0.137. The van der Waals surface area contributed by atoms with E-state index in [0.717, 1.165) is 35.5 Å². The molecule has 0 saturated heterocycles. The van der Waals surface area contributed by atoms with E-state index in [0.29, 0.717) is 18.0 Å². The molecule has 0 spiro atoms. The van der Waals surface area contributed by atoms with Gasteiger partial charge in [0.2, 0.25) is 5.91 Å². The molecule has 0 aliphatic carbocycles. The van der Waals surface area contributed by atoms with Crippen LogP contribution in [0.5, 0.6) is 0 Å². The van der Waals surface area contributed by atoms with E-state index in [9.17, 15) is 18.0 Å². The molecule has 2 N–H and O–H groups in total. The molecule has 1 heterocycles. The molecular weight excluding hydrogens is 339 g/mol. The molecular formula is C16H18F3N3OS. The lowest BCUT2D eigenvalue weighted by Crippen LogP contribution is -2.14. The monoisotopic (exact) mass is 357 g/mol. The number of alkyl halides is 3. The van der Waals surface area contributed by atoms with E-state index in [2.05, 4.69) is 15.6 Å². The number of hydrogen-bond acceptors (Lipinski definition) is 4. The van der Waals surface area contributed by atoms with E-state index in [1.165, 1.54) is 23.5 Å². The maximum absolute atomic E-state index is 12.5. The number of thiazole rings is 1. The van der Waals surface area contributed by atoms with Crippen LogP contribution in [0.1, 0.15) is 28.8 Å². The molecule has 8 heteroatoms. The topological polar surface area (TPSA) is 54.0 Å². The van der Waals surface area contributed by atoms with Gasteiger partial charge in [-0.1, -0.05) is 12.1 Å². The highest BCUT2D eigenvalue weighted by molar-refractivity contribution is 7.15. The molecule has 0 radical (unpaired) electrons. The summed E-state index contributed by atoms with van der Waals surface area (Å²) in [6.07, 6.45) is -1.06. The molecule has 0 fully saturated rings. The van der Waals surface area contributed by atoms with Gasteiger partial charge in [-0.15, -0.1) is 11.3 Å². The molecule has 1 aromatic carbocycles. The summed E-state index contributed by atoms with van der Waals surface area (Å²) in [6.45, 7) is 0.768. The van der Waals surface area contributed by atoms with Gasteiger partial charge in [0.05, 0.1) is 5.56 Å². The van der Waals surface area contributed by atoms with Crippen molar-refractivity contribution in [1.29, 1.82) is 0 Å². The molecule has 0 aliphatic heterocycles. The van der Waals surface area contributed by atoms with Crippen LogP contribution < -0.4 is 10.6 Å². The van der Waals surface area contributed by atoms with E-state index in [-0.39, 0.29) is 5.91 Å². The van der Waals surface area contributed by atoms with Crippen LogP contribution in [0.3, 0.4) is 0 Å². The largest absolute Gasteiger partial charge is 0.416 e. The molecule has 2 aromatic rings. The van der Waals surface area contributed by atoms with Crippen molar-refractivity contribution in [1.82, 2.24) is 10.3 Å². The number of hydrogen-bond donors (Lipinski definition) is 2. The zero-order valence-electron chi connectivity index (χ0n) is 13.1. The molecule has 2 rings (SSSR count). The predicted molar refractivity (Wildman–Crippen MR) is 88.2 cm³/mol. The van der Waals surface area contributed by atoms with Crippen LogP contribution in [-0.2, 0) is 17.4 Å². The van der Waals surface area contributed by atoms with Crippen molar-refractivity contribution in [2.24, 2.45) is 0 Å². The molecule has 4 nitrogen and oxygen atoms in total. The first-order chi connectivity index (χ1) is 11.4. The zero-order chi connectivity index (χ0) is 17.6. The van der Waals surface area contributed by atoms with Crippen molar-refractivity contribution < 1.29 is 18.0 Å². The number of benzene rings is 1. The summed E-state index contributed by atoms with van der Waals surface area (Å²) in [5.41, 5.74) is 0.101. The van der Waals surface area contributed by atoms with Crippen LogP contribution >= 0.6 is 11.3 Å². The van der Waals surface area contributed by atoms with Gasteiger partial charge >= 0.3 is 6.18 Å². The number of nitrogens with one attached hydrogen (secondary N) is 2. The maximum atomic E-state index is 12.5. The number of rotatable bonds is 7. The molecule has 0 atom stereocenters. The summed E-state index contributed by atoms with van der Waals surface area (Å²) in [6, 6.07) is 5.05. The second kappa shape index (κ2) is 8.25. The minimum atomic E-state index is -4.33. The van der Waals surface area contributed by atoms with Gasteiger partial charge in [-0.25, -0.2) is 4.98 Å². The van der Waals surface area contributed by atoms with E-state index < -0.39 is 11.7 Å². The first-order valence-corrected chi connectivity index (χ1v) is 8.25. The standard InChI is InChI=1S/C16H18F3N3OS/c1-20-8-2-3-14(23)22-15-21-10-13(24-15)9-11-4-6-12(7-5-11)16(17,18)19/h4-7,10,20H,2-3,8-9H2,1H3,(H,21,22,23). The smallest absolute Gasteiger partial charge is 0.320 e. The van der Waals surface area contributed by atoms with Crippen molar-refractivity contribution in [3.63, 3.8) is 0 Å². The summed E-state index contributed by atoms with van der Waals surface area (Å²) < 4.78 is 37.6. The van der Waals surface area contributed by atoms with Crippen molar-refractivity contribution >= 4 is 22.4 Å². The van der Waals surface area contributed by atoms with Crippen LogP contribution in [0.25, 0.3) is 0 Å². The molecule has 130 valence electrons. The van der Waals surface area contributed by atoms with Crippen LogP contribution in [0, 0.1) is 0 Å². The van der Waals surface area contributed by atoms with Gasteiger partial charge in [-0.05, 0) is 37.7 Å². The van der Waals surface area contributed by atoms with Crippen LogP contribution in [-0.4, -0.2) is 24.5 Å². The molecule has 1 aromatic heterocycles. The normalized spacial score (nSPS) is 11.5. The number of nitrogens with zero attached hydrogens (tertiary/aromatic N) is 1. The summed E-state index contributed by atoms with van der Waals surface area (Å²) >= 11 is 1.32. The number of amides is 1. The Bertz CT molecular complexity index is 668. The lowest BCUT2D eigenvalue weighted by atomic mass is 10.1. The minimum absolute atomic E-state index is 0.0966. The van der Waals surface area contributed by atoms with Gasteiger partial charge in [-0.3, -0.25) is 4.79 Å². The van der Waals surface area contributed by atoms with Crippen molar-refractivity contribution in [2.45, 2.75) is 25.4 Å². The summed E-state index contributed by atoms with van der Waals surface area (Å²) in [5.74, 6) is -0.0966. The third-order valence-electron chi connectivity index (χ3n) is 3.29. The molecule has 0 saturated carbocycles. The highest BCUT2D eigenvalue weighted by Gasteiger charge is 2.29. The Morgan fingerprint density at radius 3 is 2.58 bits per heavy atom. The van der Waals surface area contributed by atoms with Crippen LogP contribution in [0.15, 0.2) is 30.5 Å². The quantitative estimate of drug-likeness (QED) is 0.743. The van der Waals surface area contributed by atoms with Gasteiger partial charge in [0.15, 0.2) is 5.13 Å². The number of halogens is 3. The first-order valence-electron chi connectivity index (χ1n) is 7.44. The van der Waals surface area contributed by atoms with Gasteiger partial charge in [0, 0.05) is 23.9 Å². The number of carbonyl (C=O) groups excluding carboxylic acids is 1. The Labute approximate surface area is 142 Å². The van der Waals surface area contributed by atoms with Crippen LogP contribution in [0.2, 0.25) is 0 Å². The highest BCUT2D eigenvalue weighted by Crippen LogP contribution is 2.29. The Balaban J connectivity index is 1.90. The molecule has 0 aliphatic rings. The van der Waals surface area contributed by atoms with Crippen molar-refractivity contribution in [3.8, 4) is 0 Å². The summed E-state index contributed by atoms with van der Waals surface area (Å²) in [5, 5.41) is 6.20. The average molecular weight is 357 g/mol. The number of carbonyl (C=O) groups is 1. The highest BCUT2D eigenvalue weighted by atomic mass is 32.1. The second-order valence-corrected chi connectivity index (χ2v) is 6.37. The summed E-state index contributed by atoms with van der Waals surface area (Å²) in [4.78, 5) is 16.7. The maximum Gasteiger partial charge on any atom is 0.416 e.